The maximum absolute atomic E-state index is 13.9. The molecule has 0 atom stereocenters. The van der Waals surface area contributed by atoms with E-state index in [9.17, 15) is 13.6 Å². The third-order valence-electron chi connectivity index (χ3n) is 2.96. The van der Waals surface area contributed by atoms with Gasteiger partial charge in [0, 0.05) is 5.39 Å². The zero-order chi connectivity index (χ0) is 16.3. The van der Waals surface area contributed by atoms with Gasteiger partial charge in [-0.3, -0.25) is 0 Å². The van der Waals surface area contributed by atoms with Crippen LogP contribution in [0.3, 0.4) is 0 Å². The summed E-state index contributed by atoms with van der Waals surface area (Å²) in [6.45, 7) is 3.16. The van der Waals surface area contributed by atoms with Gasteiger partial charge in [0.05, 0.1) is 12.3 Å². The van der Waals surface area contributed by atoms with E-state index in [-0.39, 0.29) is 41.1 Å². The number of carbonyl (C=O) groups is 1. The fourth-order valence-corrected chi connectivity index (χ4v) is 2.06. The number of halogens is 2. The number of rotatable bonds is 4. The highest BCUT2D eigenvalue weighted by Crippen LogP contribution is 2.33. The molecule has 114 valence electrons. The van der Waals surface area contributed by atoms with E-state index in [0.717, 1.165) is 6.07 Å². The van der Waals surface area contributed by atoms with E-state index in [4.69, 9.17) is 15.9 Å². The van der Waals surface area contributed by atoms with Crippen LogP contribution in [0.4, 0.5) is 8.78 Å². The molecule has 0 aliphatic heterocycles. The van der Waals surface area contributed by atoms with Gasteiger partial charge in [0.25, 0.3) is 0 Å². The second-order valence-electron chi connectivity index (χ2n) is 4.37. The molecule has 2 aromatic rings. The number of ether oxygens (including phenoxy) is 2. The number of esters is 1. The molecule has 0 spiro atoms. The molecular weight excluding hydrogens is 292 g/mol. The van der Waals surface area contributed by atoms with Gasteiger partial charge in [-0.1, -0.05) is 5.92 Å². The maximum atomic E-state index is 13.9. The van der Waals surface area contributed by atoms with Crippen molar-refractivity contribution in [2.45, 2.75) is 13.8 Å². The van der Waals surface area contributed by atoms with E-state index in [0.29, 0.717) is 0 Å². The van der Waals surface area contributed by atoms with Crippen LogP contribution in [0.15, 0.2) is 12.1 Å². The molecule has 1 aromatic carbocycles. The minimum Gasteiger partial charge on any atom is -0.479 e. The summed E-state index contributed by atoms with van der Waals surface area (Å²) in [5.41, 5.74) is -0.00403. The number of aryl methyl sites for hydroxylation is 1. The van der Waals surface area contributed by atoms with Crippen molar-refractivity contribution >= 4 is 16.9 Å². The number of carbonyl (C=O) groups excluding carboxylic acids is 1. The molecular formula is C16H13F2NO3. The monoisotopic (exact) mass is 305 g/mol. The summed E-state index contributed by atoms with van der Waals surface area (Å²) >= 11 is 0. The van der Waals surface area contributed by atoms with Crippen LogP contribution in [0.5, 0.6) is 5.75 Å². The van der Waals surface area contributed by atoms with Gasteiger partial charge in [0.15, 0.2) is 11.6 Å². The van der Waals surface area contributed by atoms with Crippen molar-refractivity contribution in [3.63, 3.8) is 0 Å². The first-order valence-corrected chi connectivity index (χ1v) is 6.52. The third-order valence-corrected chi connectivity index (χ3v) is 2.96. The number of nitrogens with zero attached hydrogens (tertiary/aromatic N) is 1. The van der Waals surface area contributed by atoms with E-state index in [2.05, 4.69) is 10.9 Å². The second kappa shape index (κ2) is 6.39. The van der Waals surface area contributed by atoms with Crippen molar-refractivity contribution < 1.29 is 23.0 Å². The summed E-state index contributed by atoms with van der Waals surface area (Å²) in [5, 5.41) is 0.155. The van der Waals surface area contributed by atoms with Gasteiger partial charge in [0.2, 0.25) is 0 Å². The lowest BCUT2D eigenvalue weighted by atomic mass is 10.1. The van der Waals surface area contributed by atoms with Crippen molar-refractivity contribution in [2.24, 2.45) is 0 Å². The summed E-state index contributed by atoms with van der Waals surface area (Å²) < 4.78 is 37.6. The molecule has 0 aliphatic rings. The molecule has 0 bridgehead atoms. The van der Waals surface area contributed by atoms with E-state index >= 15 is 0 Å². The molecule has 0 unspecified atom stereocenters. The van der Waals surface area contributed by atoms with E-state index < -0.39 is 17.6 Å². The molecule has 0 radical (unpaired) electrons. The molecule has 0 aliphatic carbocycles. The second-order valence-corrected chi connectivity index (χ2v) is 4.37. The normalized spacial score (nSPS) is 10.3. The largest absolute Gasteiger partial charge is 0.479 e. The first-order chi connectivity index (χ1) is 10.5. The third kappa shape index (κ3) is 2.70. The van der Waals surface area contributed by atoms with Gasteiger partial charge >= 0.3 is 5.97 Å². The zero-order valence-corrected chi connectivity index (χ0v) is 12.1. The zero-order valence-electron chi connectivity index (χ0n) is 12.1. The molecule has 22 heavy (non-hydrogen) atoms. The van der Waals surface area contributed by atoms with E-state index in [1.54, 1.807) is 6.92 Å². The van der Waals surface area contributed by atoms with E-state index in [1.807, 2.05) is 0 Å². The number of benzene rings is 1. The Morgan fingerprint density at radius 2 is 2.14 bits per heavy atom. The Morgan fingerprint density at radius 1 is 1.41 bits per heavy atom. The van der Waals surface area contributed by atoms with Gasteiger partial charge in [0.1, 0.15) is 23.4 Å². The Labute approximate surface area is 126 Å². The fraction of sp³-hybridized carbons (Fsp3) is 0.250. The average Bonchev–Trinajstić information content (AvgIpc) is 2.49. The summed E-state index contributed by atoms with van der Waals surface area (Å²) in [6, 6.07) is 2.22. The van der Waals surface area contributed by atoms with Crippen molar-refractivity contribution in [3.05, 3.63) is 35.0 Å². The molecule has 0 fully saturated rings. The van der Waals surface area contributed by atoms with Crippen molar-refractivity contribution in [1.29, 1.82) is 0 Å². The highest BCUT2D eigenvalue weighted by atomic mass is 19.2. The fourth-order valence-electron chi connectivity index (χ4n) is 2.06. The minimum atomic E-state index is -1.11. The molecule has 1 aromatic heterocycles. The molecule has 0 N–H and O–H groups in total. The van der Waals surface area contributed by atoms with Crippen LogP contribution in [0.1, 0.15) is 23.0 Å². The average molecular weight is 305 g/mol. The number of hydrogen-bond donors (Lipinski definition) is 0. The first-order valence-electron chi connectivity index (χ1n) is 6.52. The van der Waals surface area contributed by atoms with Crippen LogP contribution in [0.2, 0.25) is 0 Å². The predicted octanol–water partition coefficient (Wildman–Crippen LogP) is 3.01. The maximum Gasteiger partial charge on any atom is 0.343 e. The SMILES string of the molecule is C#CCOc1c(C(=O)OCC)c(C)nc2c(F)c(F)ccc12. The van der Waals surface area contributed by atoms with Crippen LogP contribution in [0.25, 0.3) is 10.9 Å². The van der Waals surface area contributed by atoms with Crippen molar-refractivity contribution in [3.8, 4) is 18.1 Å². The minimum absolute atomic E-state index is 0.0396. The molecule has 1 heterocycles. The highest BCUT2D eigenvalue weighted by Gasteiger charge is 2.23. The lowest BCUT2D eigenvalue weighted by molar-refractivity contribution is 0.0521. The van der Waals surface area contributed by atoms with Crippen molar-refractivity contribution in [2.75, 3.05) is 13.2 Å². The molecule has 4 nitrogen and oxygen atoms in total. The quantitative estimate of drug-likeness (QED) is 0.643. The lowest BCUT2D eigenvalue weighted by Crippen LogP contribution is -2.12. The van der Waals surface area contributed by atoms with Crippen LogP contribution in [0, 0.1) is 30.9 Å². The topological polar surface area (TPSA) is 48.4 Å². The van der Waals surface area contributed by atoms with Gasteiger partial charge in [-0.15, -0.1) is 6.42 Å². The molecule has 0 saturated heterocycles. The lowest BCUT2D eigenvalue weighted by Gasteiger charge is -2.14. The smallest absolute Gasteiger partial charge is 0.343 e. The summed E-state index contributed by atoms with van der Waals surface area (Å²) in [7, 11) is 0. The Balaban J connectivity index is 2.78. The summed E-state index contributed by atoms with van der Waals surface area (Å²) in [5.74, 6) is -0.505. The van der Waals surface area contributed by atoms with Gasteiger partial charge in [-0.2, -0.15) is 0 Å². The Bertz CT molecular complexity index is 781. The van der Waals surface area contributed by atoms with Gasteiger partial charge in [-0.25, -0.2) is 18.6 Å². The molecule has 0 saturated carbocycles. The number of hydrogen-bond acceptors (Lipinski definition) is 4. The van der Waals surface area contributed by atoms with Crippen molar-refractivity contribution in [1.82, 2.24) is 4.98 Å². The van der Waals surface area contributed by atoms with Crippen LogP contribution in [-0.4, -0.2) is 24.2 Å². The highest BCUT2D eigenvalue weighted by molar-refractivity contribution is 6.01. The number of aromatic nitrogens is 1. The Kier molecular flexibility index (Phi) is 4.56. The number of pyridine rings is 1. The van der Waals surface area contributed by atoms with Gasteiger partial charge in [-0.05, 0) is 26.0 Å². The Hall–Kier alpha value is -2.68. The summed E-state index contributed by atoms with van der Waals surface area (Å²) in [4.78, 5) is 16.0. The standard InChI is InChI=1S/C16H13F2NO3/c1-4-8-22-15-10-6-7-11(17)13(18)14(10)19-9(3)12(15)16(20)21-5-2/h1,6-7H,5,8H2,2-3H3. The molecule has 6 heteroatoms. The van der Waals surface area contributed by atoms with Crippen LogP contribution < -0.4 is 4.74 Å². The number of terminal acetylenes is 1. The predicted molar refractivity (Wildman–Crippen MR) is 76.7 cm³/mol. The van der Waals surface area contributed by atoms with Crippen LogP contribution in [-0.2, 0) is 4.74 Å². The molecule has 0 amide bonds. The number of fused-ring (bicyclic) bond motifs is 1. The van der Waals surface area contributed by atoms with E-state index in [1.165, 1.54) is 13.0 Å². The van der Waals surface area contributed by atoms with Crippen LogP contribution >= 0.6 is 0 Å². The van der Waals surface area contributed by atoms with Gasteiger partial charge < -0.3 is 9.47 Å². The first kappa shape index (κ1) is 15.7. The molecule has 2 rings (SSSR count). The Morgan fingerprint density at radius 3 is 2.77 bits per heavy atom. The summed E-state index contributed by atoms with van der Waals surface area (Å²) in [6.07, 6.45) is 5.16.